The highest BCUT2D eigenvalue weighted by Crippen LogP contribution is 2.23. The van der Waals surface area contributed by atoms with E-state index in [1.54, 1.807) is 11.3 Å². The first-order valence-electron chi connectivity index (χ1n) is 6.99. The van der Waals surface area contributed by atoms with Crippen LogP contribution in [0.1, 0.15) is 18.5 Å². The van der Waals surface area contributed by atoms with Gasteiger partial charge < -0.3 is 14.5 Å². The summed E-state index contributed by atoms with van der Waals surface area (Å²) in [6.07, 6.45) is 2.76. The van der Waals surface area contributed by atoms with Crippen molar-refractivity contribution in [2.45, 2.75) is 19.3 Å². The van der Waals surface area contributed by atoms with Crippen LogP contribution in [0.25, 0.3) is 0 Å². The number of carbonyl (C=O) groups excluding carboxylic acids is 1. The van der Waals surface area contributed by atoms with E-state index in [0.717, 1.165) is 23.3 Å². The molecule has 2 rings (SSSR count). The Morgan fingerprint density at radius 3 is 2.90 bits per heavy atom. The van der Waals surface area contributed by atoms with Gasteiger partial charge in [0.15, 0.2) is 5.13 Å². The Hall–Kier alpha value is -1.14. The van der Waals surface area contributed by atoms with E-state index in [1.807, 2.05) is 5.38 Å². The van der Waals surface area contributed by atoms with Crippen LogP contribution < -0.4 is 4.90 Å². The molecule has 0 atom stereocenters. The quantitative estimate of drug-likeness (QED) is 0.773. The molecular weight excluding hydrogens is 274 g/mol. The number of likely N-dealkylation sites (tertiary alicyclic amines) is 1. The van der Waals surface area contributed by atoms with Crippen LogP contribution in [0.2, 0.25) is 0 Å². The summed E-state index contributed by atoms with van der Waals surface area (Å²) in [6.45, 7) is 3.41. The van der Waals surface area contributed by atoms with Crippen molar-refractivity contribution in [1.82, 2.24) is 9.88 Å². The van der Waals surface area contributed by atoms with Crippen LogP contribution in [0.4, 0.5) is 5.13 Å². The van der Waals surface area contributed by atoms with Gasteiger partial charge in [-0.1, -0.05) is 0 Å². The minimum Gasteiger partial charge on any atom is -0.469 e. The molecule has 1 fully saturated rings. The lowest BCUT2D eigenvalue weighted by molar-refractivity contribution is -0.139. The predicted octanol–water partition coefficient (Wildman–Crippen LogP) is 1.64. The number of piperidine rings is 1. The molecule has 112 valence electrons. The molecule has 20 heavy (non-hydrogen) atoms. The van der Waals surface area contributed by atoms with Gasteiger partial charge in [-0.25, -0.2) is 4.98 Å². The van der Waals surface area contributed by atoms with Crippen LogP contribution in [0, 0.1) is 5.92 Å². The Labute approximate surface area is 124 Å². The molecule has 0 aliphatic carbocycles. The van der Waals surface area contributed by atoms with Crippen molar-refractivity contribution < 1.29 is 9.53 Å². The summed E-state index contributed by atoms with van der Waals surface area (Å²) >= 11 is 1.60. The van der Waals surface area contributed by atoms with Gasteiger partial charge in [0.05, 0.1) is 19.2 Å². The van der Waals surface area contributed by atoms with E-state index in [2.05, 4.69) is 33.6 Å². The van der Waals surface area contributed by atoms with Crippen LogP contribution in [0.15, 0.2) is 5.38 Å². The van der Waals surface area contributed by atoms with Crippen LogP contribution in [-0.4, -0.2) is 56.7 Å². The minimum absolute atomic E-state index is 0.236. The summed E-state index contributed by atoms with van der Waals surface area (Å²) in [5.74, 6) is 0.504. The lowest BCUT2D eigenvalue weighted by Gasteiger charge is -2.31. The molecule has 1 aliphatic heterocycles. The fraction of sp³-hybridized carbons (Fsp3) is 0.714. The molecule has 0 aromatic carbocycles. The second kappa shape index (κ2) is 7.04. The normalized spacial score (nSPS) is 17.1. The summed E-state index contributed by atoms with van der Waals surface area (Å²) in [4.78, 5) is 20.3. The van der Waals surface area contributed by atoms with E-state index in [0.29, 0.717) is 0 Å². The average Bonchev–Trinajstić information content (AvgIpc) is 2.89. The zero-order valence-electron chi connectivity index (χ0n) is 12.5. The lowest BCUT2D eigenvalue weighted by Crippen LogP contribution is -2.35. The van der Waals surface area contributed by atoms with Crippen molar-refractivity contribution in [3.63, 3.8) is 0 Å². The number of anilines is 1. The number of carbonyl (C=O) groups is 1. The van der Waals surface area contributed by atoms with Gasteiger partial charge in [-0.05, 0) is 38.9 Å². The van der Waals surface area contributed by atoms with E-state index in [1.165, 1.54) is 33.0 Å². The smallest absolute Gasteiger partial charge is 0.311 e. The number of ether oxygens (including phenoxy) is 1. The van der Waals surface area contributed by atoms with Crippen molar-refractivity contribution in [2.75, 3.05) is 45.7 Å². The van der Waals surface area contributed by atoms with Crippen LogP contribution in [-0.2, 0) is 16.0 Å². The van der Waals surface area contributed by atoms with Gasteiger partial charge in [-0.15, -0.1) is 11.3 Å². The van der Waals surface area contributed by atoms with Gasteiger partial charge in [-0.2, -0.15) is 0 Å². The molecule has 0 saturated carbocycles. The molecule has 0 N–H and O–H groups in total. The number of aromatic nitrogens is 1. The second-order valence-corrected chi connectivity index (χ2v) is 6.34. The Balaban J connectivity index is 1.86. The third-order valence-corrected chi connectivity index (χ3v) is 4.79. The SMILES string of the molecule is COC(=O)Cc1csc(N(C)CC2CCN(C)CC2)n1. The number of thiazole rings is 1. The second-order valence-electron chi connectivity index (χ2n) is 5.50. The molecule has 2 heterocycles. The number of hydrogen-bond acceptors (Lipinski definition) is 6. The Bertz CT molecular complexity index is 441. The number of rotatable bonds is 5. The topological polar surface area (TPSA) is 45.7 Å². The maximum Gasteiger partial charge on any atom is 0.311 e. The molecule has 1 aromatic heterocycles. The van der Waals surface area contributed by atoms with Crippen molar-refractivity contribution >= 4 is 22.4 Å². The average molecular weight is 297 g/mol. The molecule has 0 unspecified atom stereocenters. The first-order valence-corrected chi connectivity index (χ1v) is 7.87. The molecule has 1 aliphatic rings. The number of methoxy groups -OCH3 is 1. The van der Waals surface area contributed by atoms with Crippen molar-refractivity contribution in [2.24, 2.45) is 5.92 Å². The predicted molar refractivity (Wildman–Crippen MR) is 81.3 cm³/mol. The zero-order chi connectivity index (χ0) is 14.5. The van der Waals surface area contributed by atoms with Crippen LogP contribution >= 0.6 is 11.3 Å². The molecule has 0 radical (unpaired) electrons. The molecule has 0 spiro atoms. The van der Waals surface area contributed by atoms with Crippen LogP contribution in [0.3, 0.4) is 0 Å². The van der Waals surface area contributed by atoms with Gasteiger partial charge in [0.2, 0.25) is 0 Å². The molecule has 6 heteroatoms. The third-order valence-electron chi connectivity index (χ3n) is 3.79. The largest absolute Gasteiger partial charge is 0.469 e. The molecular formula is C14H23N3O2S. The Morgan fingerprint density at radius 1 is 1.55 bits per heavy atom. The van der Waals surface area contributed by atoms with E-state index in [9.17, 15) is 4.79 Å². The molecule has 0 bridgehead atoms. The van der Waals surface area contributed by atoms with E-state index in [4.69, 9.17) is 0 Å². The fourth-order valence-corrected chi connectivity index (χ4v) is 3.28. The van der Waals surface area contributed by atoms with Gasteiger partial charge in [0, 0.05) is 19.0 Å². The van der Waals surface area contributed by atoms with E-state index >= 15 is 0 Å². The minimum atomic E-state index is -0.236. The van der Waals surface area contributed by atoms with Gasteiger partial charge in [0.1, 0.15) is 0 Å². The van der Waals surface area contributed by atoms with Gasteiger partial charge in [-0.3, -0.25) is 4.79 Å². The van der Waals surface area contributed by atoms with Gasteiger partial charge >= 0.3 is 5.97 Å². The zero-order valence-corrected chi connectivity index (χ0v) is 13.3. The fourth-order valence-electron chi connectivity index (χ4n) is 2.48. The molecule has 0 amide bonds. The summed E-state index contributed by atoms with van der Waals surface area (Å²) < 4.78 is 4.66. The van der Waals surface area contributed by atoms with Crippen LogP contribution in [0.5, 0.6) is 0 Å². The van der Waals surface area contributed by atoms with E-state index < -0.39 is 0 Å². The Morgan fingerprint density at radius 2 is 2.25 bits per heavy atom. The highest BCUT2D eigenvalue weighted by Gasteiger charge is 2.19. The number of hydrogen-bond donors (Lipinski definition) is 0. The first-order chi connectivity index (χ1) is 9.58. The maximum atomic E-state index is 11.2. The van der Waals surface area contributed by atoms with E-state index in [-0.39, 0.29) is 12.4 Å². The van der Waals surface area contributed by atoms with Crippen molar-refractivity contribution in [3.05, 3.63) is 11.1 Å². The maximum absolute atomic E-state index is 11.2. The number of esters is 1. The summed E-state index contributed by atoms with van der Waals surface area (Å²) in [6, 6.07) is 0. The molecule has 1 aromatic rings. The highest BCUT2D eigenvalue weighted by molar-refractivity contribution is 7.13. The lowest BCUT2D eigenvalue weighted by atomic mass is 9.97. The van der Waals surface area contributed by atoms with Crippen molar-refractivity contribution in [1.29, 1.82) is 0 Å². The first kappa shape index (κ1) is 15.3. The Kier molecular flexibility index (Phi) is 5.37. The standard InChI is InChI=1S/C14H23N3O2S/c1-16-6-4-11(5-7-16)9-17(2)14-15-12(10-20-14)8-13(18)19-3/h10-11H,4-9H2,1-3H3. The number of nitrogens with zero attached hydrogens (tertiary/aromatic N) is 3. The molecule has 1 saturated heterocycles. The van der Waals surface area contributed by atoms with Crippen molar-refractivity contribution in [3.8, 4) is 0 Å². The summed E-state index contributed by atoms with van der Waals surface area (Å²) in [7, 11) is 5.67. The third kappa shape index (κ3) is 4.18. The summed E-state index contributed by atoms with van der Waals surface area (Å²) in [5, 5.41) is 2.93. The summed E-state index contributed by atoms with van der Waals surface area (Å²) in [5.41, 5.74) is 0.798. The molecule has 5 nitrogen and oxygen atoms in total. The highest BCUT2D eigenvalue weighted by atomic mass is 32.1. The monoisotopic (exact) mass is 297 g/mol. The van der Waals surface area contributed by atoms with Gasteiger partial charge in [0.25, 0.3) is 0 Å².